The van der Waals surface area contributed by atoms with Crippen LogP contribution in [0.1, 0.15) is 0 Å². The van der Waals surface area contributed by atoms with Crippen molar-refractivity contribution < 1.29 is 208 Å². The van der Waals surface area contributed by atoms with E-state index in [9.17, 15) is 49.5 Å². The van der Waals surface area contributed by atoms with Crippen LogP contribution in [-0.2, 0) is 24.0 Å². The summed E-state index contributed by atoms with van der Waals surface area (Å²) in [6.07, 6.45) is 0. The predicted molar refractivity (Wildman–Crippen MR) is 104 cm³/mol. The number of aliphatic imine (C=N–C) groups is 2. The Kier molecular flexibility index (Phi) is 42.4. The molecule has 0 aromatic rings. The molecule has 0 bridgehead atoms. The van der Waals surface area contributed by atoms with E-state index in [2.05, 4.69) is 9.98 Å². The van der Waals surface area contributed by atoms with Crippen molar-refractivity contribution in [2.24, 2.45) is 9.98 Å². The molecule has 198 valence electrons. The fourth-order valence-corrected chi connectivity index (χ4v) is 2.62. The third kappa shape index (κ3) is 33.7. The third-order valence-corrected chi connectivity index (χ3v) is 4.02. The Morgan fingerprint density at radius 2 is 0.775 bits per heavy atom. The van der Waals surface area contributed by atoms with Crippen molar-refractivity contribution in [1.29, 1.82) is 0 Å². The number of carboxylic acid groups (broad SMARTS) is 5. The van der Waals surface area contributed by atoms with Gasteiger partial charge in [0.15, 0.2) is 0 Å². The standard InChI is InChI=1S/C18H29N5O12.5Na/c24-12(19-5-14(26)27)7-22(10-17(32)33)3-1-21(9-16(30)31)2-4-23(11-18(34)35)8-13(25)20-6-15(28)29;;;;;/h1-11H2,(H,19,24)(H,20,25)(H,26,27)(H,28,29)(H,30,31)(H,32,33)(H,34,35);;;;;/q;5*+1/p-5. The van der Waals surface area contributed by atoms with E-state index in [-0.39, 0.29) is 174 Å². The first-order chi connectivity index (χ1) is 16.3. The van der Waals surface area contributed by atoms with Gasteiger partial charge in [0, 0.05) is 45.8 Å². The van der Waals surface area contributed by atoms with Gasteiger partial charge >= 0.3 is 160 Å². The van der Waals surface area contributed by atoms with Crippen LogP contribution >= 0.6 is 0 Å². The molecule has 0 aliphatic heterocycles. The maximum absolute atomic E-state index is 11.7. The van der Waals surface area contributed by atoms with Crippen molar-refractivity contribution in [1.82, 2.24) is 14.7 Å². The molecule has 0 radical (unpaired) electrons. The second-order valence-corrected chi connectivity index (χ2v) is 7.02. The van der Waals surface area contributed by atoms with E-state index in [1.165, 1.54) is 4.90 Å². The van der Waals surface area contributed by atoms with E-state index in [4.69, 9.17) is 10.2 Å². The van der Waals surface area contributed by atoms with Crippen LogP contribution in [-0.4, -0.2) is 139 Å². The Bertz CT molecular complexity index is 779. The zero-order valence-electron chi connectivity index (χ0n) is 23.5. The second kappa shape index (κ2) is 31.6. The van der Waals surface area contributed by atoms with Crippen LogP contribution in [0.3, 0.4) is 0 Å². The van der Waals surface area contributed by atoms with Gasteiger partial charge in [-0.1, -0.05) is 0 Å². The van der Waals surface area contributed by atoms with Crippen LogP contribution in [0.2, 0.25) is 0 Å². The molecule has 17 nitrogen and oxygen atoms in total. The average molecular weight is 617 g/mol. The van der Waals surface area contributed by atoms with Crippen molar-refractivity contribution in [3.8, 4) is 0 Å². The largest absolute Gasteiger partial charge is 1.00 e. The summed E-state index contributed by atoms with van der Waals surface area (Å²) in [5.41, 5.74) is 0. The minimum Gasteiger partial charge on any atom is -0.861 e. The number of rotatable bonds is 20. The first-order valence-corrected chi connectivity index (χ1v) is 9.89. The van der Waals surface area contributed by atoms with Crippen molar-refractivity contribution in [3.63, 3.8) is 0 Å². The van der Waals surface area contributed by atoms with E-state index in [1.54, 1.807) is 0 Å². The Balaban J connectivity index is -0.000000578. The molecule has 0 saturated carbocycles. The molecule has 0 spiro atoms. The first kappa shape index (κ1) is 53.7. The van der Waals surface area contributed by atoms with Gasteiger partial charge in [-0.3, -0.25) is 34.3 Å². The molecule has 0 aliphatic rings. The van der Waals surface area contributed by atoms with Crippen molar-refractivity contribution >= 4 is 41.6 Å². The summed E-state index contributed by atoms with van der Waals surface area (Å²) in [5.74, 6) is -9.26. The Labute approximate surface area is 340 Å². The molecule has 0 aliphatic carbocycles. The molecule has 2 N–H and O–H groups in total. The number of nitrogens with zero attached hydrogens (tertiary/aromatic N) is 5. The van der Waals surface area contributed by atoms with E-state index < -0.39 is 87.5 Å². The summed E-state index contributed by atoms with van der Waals surface area (Å²) in [4.78, 5) is 63.7. The van der Waals surface area contributed by atoms with Gasteiger partial charge in [0.1, 0.15) is 0 Å². The number of carbonyl (C=O) groups excluding carboxylic acids is 3. The molecule has 0 saturated heterocycles. The van der Waals surface area contributed by atoms with Gasteiger partial charge in [-0.05, 0) is 11.8 Å². The molecular formula is C18H24N5Na5O12. The van der Waals surface area contributed by atoms with Gasteiger partial charge < -0.3 is 50.1 Å². The van der Waals surface area contributed by atoms with Gasteiger partial charge in [-0.25, -0.2) is 0 Å². The number of carboxylic acids is 5. The van der Waals surface area contributed by atoms with E-state index in [1.807, 2.05) is 0 Å². The maximum atomic E-state index is 11.7. The Morgan fingerprint density at radius 1 is 0.475 bits per heavy atom. The first-order valence-electron chi connectivity index (χ1n) is 9.89. The number of carbonyl (C=O) groups is 5. The zero-order chi connectivity index (χ0) is 27.0. The van der Waals surface area contributed by atoms with E-state index in [0.29, 0.717) is 0 Å². The van der Waals surface area contributed by atoms with Gasteiger partial charge in [-0.15, -0.1) is 0 Å². The molecule has 0 unspecified atom stereocenters. The fraction of sp³-hybridized carbons (Fsp3) is 0.611. The molecule has 0 amide bonds. The molecule has 0 fully saturated rings. The van der Waals surface area contributed by atoms with Crippen LogP contribution in [0.15, 0.2) is 9.98 Å². The predicted octanol–water partition coefficient (Wildman–Crippen LogP) is -24.2. The summed E-state index contributed by atoms with van der Waals surface area (Å²) in [5, 5.41) is 73.3. The Morgan fingerprint density at radius 3 is 1.02 bits per heavy atom. The summed E-state index contributed by atoms with van der Waals surface area (Å²) in [6, 6.07) is 0. The third-order valence-electron chi connectivity index (χ3n) is 4.02. The van der Waals surface area contributed by atoms with Crippen LogP contribution in [0, 0.1) is 0 Å². The smallest absolute Gasteiger partial charge is 0.861 e. The van der Waals surface area contributed by atoms with Crippen molar-refractivity contribution in [3.05, 3.63) is 0 Å². The van der Waals surface area contributed by atoms with Crippen molar-refractivity contribution in [2.75, 3.05) is 72.0 Å². The Hall–Kier alpha value is 1.17. The maximum Gasteiger partial charge on any atom is 1.00 e. The monoisotopic (exact) mass is 617 g/mol. The molecule has 0 atom stereocenters. The quantitative estimate of drug-likeness (QED) is 0.0729. The van der Waals surface area contributed by atoms with Gasteiger partial charge in [0.05, 0.1) is 44.1 Å². The summed E-state index contributed by atoms with van der Waals surface area (Å²) in [6.45, 7) is -5.55. The molecule has 0 aromatic heterocycles. The van der Waals surface area contributed by atoms with Gasteiger partial charge in [0.2, 0.25) is 0 Å². The van der Waals surface area contributed by atoms with E-state index >= 15 is 0 Å². The molecule has 40 heavy (non-hydrogen) atoms. The minimum atomic E-state index is -1.61. The summed E-state index contributed by atoms with van der Waals surface area (Å²) < 4.78 is 0. The van der Waals surface area contributed by atoms with Crippen LogP contribution < -0.4 is 173 Å². The van der Waals surface area contributed by atoms with E-state index in [0.717, 1.165) is 9.80 Å². The van der Waals surface area contributed by atoms with Gasteiger partial charge in [-0.2, -0.15) is 0 Å². The fourth-order valence-electron chi connectivity index (χ4n) is 2.62. The molecule has 0 rings (SSSR count). The van der Waals surface area contributed by atoms with Crippen molar-refractivity contribution in [2.45, 2.75) is 0 Å². The summed E-state index contributed by atoms with van der Waals surface area (Å²) in [7, 11) is 0. The summed E-state index contributed by atoms with van der Waals surface area (Å²) >= 11 is 0. The number of hydrogen-bond acceptors (Lipinski definition) is 15. The zero-order valence-corrected chi connectivity index (χ0v) is 33.5. The molecular weight excluding hydrogens is 593 g/mol. The topological polar surface area (TPSA) is 276 Å². The average Bonchev–Trinajstić information content (AvgIpc) is 2.71. The number of hydrogen-bond donors (Lipinski definition) is 2. The molecule has 22 heteroatoms. The SMILES string of the molecule is O=C([O-])CN=C([O-])CN(CCN(CCN(CC(=O)O)CC([O-])=NCC(=O)[O-])CC(=O)[O-])CC(=O)O.[Na+].[Na+].[Na+].[Na+].[Na+]. The number of aliphatic carboxylic acids is 5. The normalized spacial score (nSPS) is 10.8. The van der Waals surface area contributed by atoms with Crippen LogP contribution in [0.4, 0.5) is 0 Å². The van der Waals surface area contributed by atoms with Crippen LogP contribution in [0.5, 0.6) is 0 Å². The molecule has 0 heterocycles. The van der Waals surface area contributed by atoms with Crippen LogP contribution in [0.25, 0.3) is 0 Å². The minimum absolute atomic E-state index is 0. The second-order valence-electron chi connectivity index (χ2n) is 7.02. The van der Waals surface area contributed by atoms with Gasteiger partial charge in [0.25, 0.3) is 0 Å². The molecule has 0 aromatic carbocycles.